The second-order valence-electron chi connectivity index (χ2n) is 8.71. The van der Waals surface area contributed by atoms with Crippen LogP contribution in [0.3, 0.4) is 0 Å². The number of alkyl halides is 3. The van der Waals surface area contributed by atoms with Crippen molar-refractivity contribution in [3.8, 4) is 0 Å². The summed E-state index contributed by atoms with van der Waals surface area (Å²) in [5, 5.41) is 0.440. The third-order valence-electron chi connectivity index (χ3n) is 6.47. The molecule has 1 aliphatic heterocycles. The second-order valence-corrected chi connectivity index (χ2v) is 9.12. The molecule has 1 N–H and O–H groups in total. The predicted octanol–water partition coefficient (Wildman–Crippen LogP) is 6.16. The van der Waals surface area contributed by atoms with E-state index >= 15 is 0 Å². The average molecular weight is 507 g/mol. The number of aromatic amines is 1. The molecule has 1 saturated heterocycles. The number of fused-ring (bicyclic) bond motifs is 1. The van der Waals surface area contributed by atoms with E-state index in [0.29, 0.717) is 24.9 Å². The number of hydrogen-bond donors (Lipinski definition) is 1. The first-order valence-electron chi connectivity index (χ1n) is 11.6. The van der Waals surface area contributed by atoms with Crippen LogP contribution in [-0.2, 0) is 20.5 Å². The van der Waals surface area contributed by atoms with Crippen molar-refractivity contribution in [2.75, 3.05) is 19.7 Å². The fraction of sp³-hybridized carbons (Fsp3) is 0.385. The zero-order valence-electron chi connectivity index (χ0n) is 19.2. The van der Waals surface area contributed by atoms with Crippen molar-refractivity contribution in [1.82, 2.24) is 9.88 Å². The van der Waals surface area contributed by atoms with Crippen LogP contribution in [0.5, 0.6) is 0 Å². The van der Waals surface area contributed by atoms with Gasteiger partial charge in [-0.15, -0.1) is 0 Å². The van der Waals surface area contributed by atoms with Gasteiger partial charge in [0.05, 0.1) is 23.1 Å². The Morgan fingerprint density at radius 1 is 1.23 bits per heavy atom. The summed E-state index contributed by atoms with van der Waals surface area (Å²) in [7, 11) is 0. The molecule has 35 heavy (non-hydrogen) atoms. The van der Waals surface area contributed by atoms with Gasteiger partial charge in [-0.2, -0.15) is 13.2 Å². The lowest BCUT2D eigenvalue weighted by molar-refractivity contribution is -0.151. The maximum Gasteiger partial charge on any atom is 0.417 e. The highest BCUT2D eigenvalue weighted by atomic mass is 35.5. The van der Waals surface area contributed by atoms with Crippen molar-refractivity contribution in [2.45, 2.75) is 38.3 Å². The fourth-order valence-electron chi connectivity index (χ4n) is 4.73. The number of nitrogens with one attached hydrogen (secondary N) is 1. The van der Waals surface area contributed by atoms with E-state index in [0.717, 1.165) is 22.5 Å². The number of carbonyl (C=O) groups excluding carboxylic acids is 2. The zero-order chi connectivity index (χ0) is 25.2. The standard InChI is InChI=1S/C26H26ClF3N2O3/c1-2-35-25(34)17-6-5-11-32(15-17)24(33)13-19(20-14-31-23-8-4-3-7-18(20)23)16-9-10-22(27)21(12-16)26(28,29)30/h3-4,7-10,12,14,17,19,31H,2,5-6,11,13,15H2,1H3. The molecule has 5 nitrogen and oxygen atoms in total. The smallest absolute Gasteiger partial charge is 0.417 e. The number of ether oxygens (including phenoxy) is 1. The molecule has 186 valence electrons. The van der Waals surface area contributed by atoms with Crippen molar-refractivity contribution in [1.29, 1.82) is 0 Å². The number of aromatic nitrogens is 1. The van der Waals surface area contributed by atoms with E-state index < -0.39 is 28.6 Å². The molecule has 3 aromatic rings. The Labute approximate surface area is 206 Å². The third kappa shape index (κ3) is 5.48. The lowest BCUT2D eigenvalue weighted by atomic mass is 9.86. The Balaban J connectivity index is 1.68. The van der Waals surface area contributed by atoms with Gasteiger partial charge in [0.15, 0.2) is 0 Å². The number of esters is 1. The molecule has 1 aliphatic rings. The Bertz CT molecular complexity index is 1220. The molecule has 4 rings (SSSR count). The molecule has 1 fully saturated rings. The molecule has 0 aliphatic carbocycles. The molecular weight excluding hydrogens is 481 g/mol. The number of likely N-dealkylation sites (tertiary alicyclic amines) is 1. The lowest BCUT2D eigenvalue weighted by Crippen LogP contribution is -2.43. The molecule has 1 aromatic heterocycles. The minimum absolute atomic E-state index is 0.0453. The van der Waals surface area contributed by atoms with Crippen molar-refractivity contribution in [3.05, 3.63) is 70.4 Å². The summed E-state index contributed by atoms with van der Waals surface area (Å²) < 4.78 is 46.0. The molecule has 1 amide bonds. The van der Waals surface area contributed by atoms with Crippen LogP contribution in [0.2, 0.25) is 5.02 Å². The number of carbonyl (C=O) groups is 2. The van der Waals surface area contributed by atoms with E-state index in [1.165, 1.54) is 12.1 Å². The summed E-state index contributed by atoms with van der Waals surface area (Å²) >= 11 is 5.86. The highest BCUT2D eigenvalue weighted by Gasteiger charge is 2.35. The van der Waals surface area contributed by atoms with E-state index in [2.05, 4.69) is 4.98 Å². The van der Waals surface area contributed by atoms with Crippen LogP contribution in [0.15, 0.2) is 48.7 Å². The van der Waals surface area contributed by atoms with Crippen LogP contribution in [0.1, 0.15) is 48.8 Å². The Morgan fingerprint density at radius 2 is 2.00 bits per heavy atom. The van der Waals surface area contributed by atoms with Gasteiger partial charge in [-0.05, 0) is 49.1 Å². The van der Waals surface area contributed by atoms with E-state index in [-0.39, 0.29) is 31.4 Å². The van der Waals surface area contributed by atoms with Crippen LogP contribution in [0.4, 0.5) is 13.2 Å². The minimum Gasteiger partial charge on any atom is -0.466 e. The van der Waals surface area contributed by atoms with Crippen LogP contribution in [0, 0.1) is 5.92 Å². The number of halogens is 4. The molecule has 2 heterocycles. The van der Waals surface area contributed by atoms with E-state index in [9.17, 15) is 22.8 Å². The summed E-state index contributed by atoms with van der Waals surface area (Å²) in [4.78, 5) is 30.4. The van der Waals surface area contributed by atoms with E-state index in [1.807, 2.05) is 24.3 Å². The predicted molar refractivity (Wildman–Crippen MR) is 127 cm³/mol. The van der Waals surface area contributed by atoms with Crippen molar-refractivity contribution in [2.24, 2.45) is 5.92 Å². The molecule has 2 unspecified atom stereocenters. The number of rotatable bonds is 6. The van der Waals surface area contributed by atoms with Crippen LogP contribution < -0.4 is 0 Å². The van der Waals surface area contributed by atoms with Crippen molar-refractivity contribution >= 4 is 34.4 Å². The monoisotopic (exact) mass is 506 g/mol. The zero-order valence-corrected chi connectivity index (χ0v) is 20.0. The molecule has 0 spiro atoms. The van der Waals surface area contributed by atoms with Gasteiger partial charge in [0, 0.05) is 42.5 Å². The SMILES string of the molecule is CCOC(=O)C1CCCN(C(=O)CC(c2ccc(Cl)c(C(F)(F)F)c2)c2c[nH]c3ccccc23)C1. The highest BCUT2D eigenvalue weighted by molar-refractivity contribution is 6.31. The molecule has 0 saturated carbocycles. The first kappa shape index (κ1) is 25.1. The summed E-state index contributed by atoms with van der Waals surface area (Å²) in [6.07, 6.45) is -1.63. The van der Waals surface area contributed by atoms with Gasteiger partial charge in [-0.1, -0.05) is 35.9 Å². The number of benzene rings is 2. The van der Waals surface area contributed by atoms with Crippen molar-refractivity contribution < 1.29 is 27.5 Å². The Kier molecular flexibility index (Phi) is 7.40. The van der Waals surface area contributed by atoms with Crippen LogP contribution in [-0.4, -0.2) is 41.5 Å². The van der Waals surface area contributed by atoms with Gasteiger partial charge in [0.2, 0.25) is 5.91 Å². The lowest BCUT2D eigenvalue weighted by Gasteiger charge is -2.32. The number of piperidine rings is 1. The van der Waals surface area contributed by atoms with E-state index in [4.69, 9.17) is 16.3 Å². The van der Waals surface area contributed by atoms with E-state index in [1.54, 1.807) is 18.0 Å². The third-order valence-corrected chi connectivity index (χ3v) is 6.80. The number of amides is 1. The second kappa shape index (κ2) is 10.3. The average Bonchev–Trinajstić information content (AvgIpc) is 3.26. The van der Waals surface area contributed by atoms with Gasteiger partial charge in [0.25, 0.3) is 0 Å². The summed E-state index contributed by atoms with van der Waals surface area (Å²) in [6, 6.07) is 11.2. The molecule has 9 heteroatoms. The number of hydrogen-bond acceptors (Lipinski definition) is 3. The Morgan fingerprint density at radius 3 is 2.74 bits per heavy atom. The highest BCUT2D eigenvalue weighted by Crippen LogP contribution is 2.40. The first-order valence-corrected chi connectivity index (χ1v) is 11.9. The van der Waals surface area contributed by atoms with Gasteiger partial charge in [-0.25, -0.2) is 0 Å². The maximum atomic E-state index is 13.6. The molecule has 0 radical (unpaired) electrons. The van der Waals surface area contributed by atoms with Gasteiger partial charge < -0.3 is 14.6 Å². The number of para-hydroxylation sites is 1. The van der Waals surface area contributed by atoms with Gasteiger partial charge in [-0.3, -0.25) is 9.59 Å². The first-order chi connectivity index (χ1) is 16.7. The largest absolute Gasteiger partial charge is 0.466 e. The summed E-state index contributed by atoms with van der Waals surface area (Å²) in [5.41, 5.74) is 0.960. The molecule has 0 bridgehead atoms. The minimum atomic E-state index is -4.62. The molecular formula is C26H26ClF3N2O3. The van der Waals surface area contributed by atoms with Crippen LogP contribution >= 0.6 is 11.6 Å². The van der Waals surface area contributed by atoms with Gasteiger partial charge >= 0.3 is 12.1 Å². The van der Waals surface area contributed by atoms with Gasteiger partial charge in [0.1, 0.15) is 0 Å². The Hall–Kier alpha value is -3.00. The van der Waals surface area contributed by atoms with Crippen LogP contribution in [0.25, 0.3) is 10.9 Å². The molecule has 2 aromatic carbocycles. The quantitative estimate of drug-likeness (QED) is 0.407. The topological polar surface area (TPSA) is 62.4 Å². The summed E-state index contributed by atoms with van der Waals surface area (Å²) in [6.45, 7) is 2.73. The normalized spacial score (nSPS) is 17.4. The maximum absolute atomic E-state index is 13.6. The van der Waals surface area contributed by atoms with Crippen molar-refractivity contribution in [3.63, 3.8) is 0 Å². The summed E-state index contributed by atoms with van der Waals surface area (Å²) in [5.74, 6) is -1.59. The fourth-order valence-corrected chi connectivity index (χ4v) is 4.95. The number of H-pyrrole nitrogens is 1. The number of nitrogens with zero attached hydrogens (tertiary/aromatic N) is 1. The molecule has 2 atom stereocenters.